The molecule has 0 radical (unpaired) electrons. The van der Waals surface area contributed by atoms with E-state index >= 15 is 0 Å². The van der Waals surface area contributed by atoms with E-state index in [-0.39, 0.29) is 6.79 Å². The first-order valence-electron chi connectivity index (χ1n) is 4.97. The second-order valence-corrected chi connectivity index (χ2v) is 5.73. The number of rotatable bonds is 1. The highest BCUT2D eigenvalue weighted by Gasteiger charge is 2.20. The summed E-state index contributed by atoms with van der Waals surface area (Å²) in [6, 6.07) is 3.84. The molecule has 1 aliphatic rings. The third kappa shape index (κ3) is 1.77. The Morgan fingerprint density at radius 3 is 2.94 bits per heavy atom. The van der Waals surface area contributed by atoms with E-state index in [0.717, 1.165) is 32.2 Å². The van der Waals surface area contributed by atoms with Crippen molar-refractivity contribution in [3.05, 3.63) is 21.6 Å². The van der Waals surface area contributed by atoms with E-state index in [1.807, 2.05) is 19.1 Å². The van der Waals surface area contributed by atoms with Gasteiger partial charge in [0.1, 0.15) is 10.7 Å². The summed E-state index contributed by atoms with van der Waals surface area (Å²) in [5.41, 5.74) is 7.67. The quantitative estimate of drug-likeness (QED) is 0.878. The van der Waals surface area contributed by atoms with Crippen molar-refractivity contribution in [1.82, 2.24) is 4.98 Å². The fourth-order valence-electron chi connectivity index (χ4n) is 1.75. The van der Waals surface area contributed by atoms with Gasteiger partial charge >= 0.3 is 0 Å². The lowest BCUT2D eigenvalue weighted by atomic mass is 10.1. The van der Waals surface area contributed by atoms with E-state index in [9.17, 15) is 0 Å². The Balaban J connectivity index is 2.16. The maximum atomic E-state index is 5.94. The van der Waals surface area contributed by atoms with E-state index in [1.165, 1.54) is 11.3 Å². The molecule has 4 nitrogen and oxygen atoms in total. The van der Waals surface area contributed by atoms with Crippen LogP contribution in [0.4, 0.5) is 5.00 Å². The molecule has 17 heavy (non-hydrogen) atoms. The monoisotopic (exact) mass is 312 g/mol. The third-order valence-electron chi connectivity index (χ3n) is 2.46. The molecule has 0 atom stereocenters. The van der Waals surface area contributed by atoms with Crippen molar-refractivity contribution >= 4 is 32.3 Å². The Morgan fingerprint density at radius 2 is 2.24 bits per heavy atom. The Labute approximate surface area is 111 Å². The molecule has 2 heterocycles. The lowest BCUT2D eigenvalue weighted by Gasteiger charge is -2.03. The van der Waals surface area contributed by atoms with Gasteiger partial charge < -0.3 is 15.2 Å². The number of hydrogen-bond acceptors (Lipinski definition) is 5. The fraction of sp³-hybridized carbons (Fsp3) is 0.182. The number of aryl methyl sites for hydroxylation is 1. The molecule has 1 aromatic carbocycles. The zero-order valence-electron chi connectivity index (χ0n) is 8.99. The highest BCUT2D eigenvalue weighted by atomic mass is 79.9. The largest absolute Gasteiger partial charge is 0.454 e. The number of fused-ring (bicyclic) bond motifs is 1. The molecule has 3 rings (SSSR count). The van der Waals surface area contributed by atoms with Crippen molar-refractivity contribution in [1.29, 1.82) is 0 Å². The van der Waals surface area contributed by atoms with Gasteiger partial charge in [0, 0.05) is 5.56 Å². The number of aromatic nitrogens is 1. The number of halogens is 1. The van der Waals surface area contributed by atoms with Crippen LogP contribution in [0.3, 0.4) is 0 Å². The number of hydrogen-bond donors (Lipinski definition) is 1. The number of thiazole rings is 1. The van der Waals surface area contributed by atoms with Crippen LogP contribution in [0.25, 0.3) is 11.3 Å². The lowest BCUT2D eigenvalue weighted by molar-refractivity contribution is 0.173. The Morgan fingerprint density at radius 1 is 1.41 bits per heavy atom. The molecule has 0 saturated carbocycles. The SMILES string of the molecule is Cc1nc(-c2cc(Br)c3c(c2)OCO3)c(N)s1. The molecule has 2 N–H and O–H groups in total. The van der Waals surface area contributed by atoms with Crippen molar-refractivity contribution in [3.63, 3.8) is 0 Å². The number of nitrogens with two attached hydrogens (primary N) is 1. The molecule has 1 aliphatic heterocycles. The van der Waals surface area contributed by atoms with E-state index in [0.29, 0.717) is 5.00 Å². The van der Waals surface area contributed by atoms with E-state index < -0.39 is 0 Å². The van der Waals surface area contributed by atoms with Gasteiger partial charge in [0.15, 0.2) is 11.5 Å². The highest BCUT2D eigenvalue weighted by molar-refractivity contribution is 9.10. The number of nitrogens with zero attached hydrogens (tertiary/aromatic N) is 1. The van der Waals surface area contributed by atoms with E-state index in [1.54, 1.807) is 0 Å². The molecule has 0 bridgehead atoms. The summed E-state index contributed by atoms with van der Waals surface area (Å²) in [6.45, 7) is 2.19. The van der Waals surface area contributed by atoms with Gasteiger partial charge in [0.05, 0.1) is 9.48 Å². The van der Waals surface area contributed by atoms with Crippen LogP contribution in [0, 0.1) is 6.92 Å². The van der Waals surface area contributed by atoms with Gasteiger partial charge in [-0.1, -0.05) is 0 Å². The predicted octanol–water partition coefficient (Wildman–Crippen LogP) is 3.19. The number of nitrogen functional groups attached to an aromatic ring is 1. The summed E-state index contributed by atoms with van der Waals surface area (Å²) in [5.74, 6) is 1.46. The van der Waals surface area contributed by atoms with Crippen molar-refractivity contribution in [2.24, 2.45) is 0 Å². The molecular weight excluding hydrogens is 304 g/mol. The fourth-order valence-corrected chi connectivity index (χ4v) is 3.03. The first-order valence-corrected chi connectivity index (χ1v) is 6.58. The summed E-state index contributed by atoms with van der Waals surface area (Å²) in [4.78, 5) is 4.42. The predicted molar refractivity (Wildman–Crippen MR) is 70.5 cm³/mol. The van der Waals surface area contributed by atoms with Crippen molar-refractivity contribution < 1.29 is 9.47 Å². The normalized spacial score (nSPS) is 13.1. The van der Waals surface area contributed by atoms with Gasteiger partial charge in [0.25, 0.3) is 0 Å². The van der Waals surface area contributed by atoms with Gasteiger partial charge in [-0.25, -0.2) is 4.98 Å². The topological polar surface area (TPSA) is 57.4 Å². The number of anilines is 1. The smallest absolute Gasteiger partial charge is 0.231 e. The molecule has 6 heteroatoms. The molecule has 0 spiro atoms. The van der Waals surface area contributed by atoms with Gasteiger partial charge in [-0.2, -0.15) is 0 Å². The molecule has 0 amide bonds. The van der Waals surface area contributed by atoms with Crippen LogP contribution in [0.15, 0.2) is 16.6 Å². The molecule has 1 aromatic heterocycles. The molecule has 0 fully saturated rings. The van der Waals surface area contributed by atoms with Crippen LogP contribution >= 0.6 is 27.3 Å². The van der Waals surface area contributed by atoms with Crippen LogP contribution in [-0.2, 0) is 0 Å². The summed E-state index contributed by atoms with van der Waals surface area (Å²) in [6.07, 6.45) is 0. The van der Waals surface area contributed by atoms with Gasteiger partial charge in [-0.05, 0) is 35.0 Å². The lowest BCUT2D eigenvalue weighted by Crippen LogP contribution is -1.93. The molecule has 88 valence electrons. The zero-order valence-corrected chi connectivity index (χ0v) is 11.4. The Kier molecular flexibility index (Phi) is 2.48. The second kappa shape index (κ2) is 3.89. The minimum atomic E-state index is 0.253. The molecule has 0 aliphatic carbocycles. The summed E-state index contributed by atoms with van der Waals surface area (Å²) < 4.78 is 11.6. The van der Waals surface area contributed by atoms with Crippen LogP contribution in [0.1, 0.15) is 5.01 Å². The van der Waals surface area contributed by atoms with Crippen molar-refractivity contribution in [2.45, 2.75) is 6.92 Å². The van der Waals surface area contributed by atoms with E-state index in [2.05, 4.69) is 20.9 Å². The Hall–Kier alpha value is -1.27. The standard InChI is InChI=1S/C11H9BrN2O2S/c1-5-14-9(11(13)17-5)6-2-7(12)10-8(3-6)15-4-16-10/h2-3H,4,13H2,1H3. The minimum absolute atomic E-state index is 0.253. The van der Waals surface area contributed by atoms with Crippen LogP contribution < -0.4 is 15.2 Å². The minimum Gasteiger partial charge on any atom is -0.454 e. The van der Waals surface area contributed by atoms with Gasteiger partial charge in [-0.15, -0.1) is 11.3 Å². The van der Waals surface area contributed by atoms with Crippen molar-refractivity contribution in [2.75, 3.05) is 12.5 Å². The third-order valence-corrected chi connectivity index (χ3v) is 3.85. The highest BCUT2D eigenvalue weighted by Crippen LogP contribution is 2.43. The average molecular weight is 313 g/mol. The first-order chi connectivity index (χ1) is 8.15. The average Bonchev–Trinajstić information content (AvgIpc) is 2.84. The molecular formula is C11H9BrN2O2S. The van der Waals surface area contributed by atoms with Crippen LogP contribution in [-0.4, -0.2) is 11.8 Å². The molecule has 2 aromatic rings. The molecule has 0 unspecified atom stereocenters. The summed E-state index contributed by atoms with van der Waals surface area (Å²) in [7, 11) is 0. The van der Waals surface area contributed by atoms with Crippen LogP contribution in [0.5, 0.6) is 11.5 Å². The maximum Gasteiger partial charge on any atom is 0.231 e. The Bertz CT molecular complexity index is 597. The maximum absolute atomic E-state index is 5.94. The van der Waals surface area contributed by atoms with Crippen molar-refractivity contribution in [3.8, 4) is 22.8 Å². The number of benzene rings is 1. The zero-order chi connectivity index (χ0) is 12.0. The van der Waals surface area contributed by atoms with Crippen LogP contribution in [0.2, 0.25) is 0 Å². The second-order valence-electron chi connectivity index (χ2n) is 3.64. The summed E-state index contributed by atoms with van der Waals surface area (Å²) in [5, 5.41) is 1.67. The van der Waals surface area contributed by atoms with E-state index in [4.69, 9.17) is 15.2 Å². The summed E-state index contributed by atoms with van der Waals surface area (Å²) >= 11 is 4.94. The molecule has 0 saturated heterocycles. The number of ether oxygens (including phenoxy) is 2. The first kappa shape index (κ1) is 10.9. The van der Waals surface area contributed by atoms with Gasteiger partial charge in [0.2, 0.25) is 6.79 Å². The van der Waals surface area contributed by atoms with Gasteiger partial charge in [-0.3, -0.25) is 0 Å².